The molecule has 0 amide bonds. The molecule has 0 unspecified atom stereocenters. The number of nitrogens with zero attached hydrogens (tertiary/aromatic N) is 2. The van der Waals surface area contributed by atoms with E-state index in [1.165, 1.54) is 6.07 Å². The highest BCUT2D eigenvalue weighted by atomic mass is 16.5. The molecule has 0 saturated heterocycles. The van der Waals surface area contributed by atoms with E-state index in [-0.39, 0.29) is 5.56 Å². The van der Waals surface area contributed by atoms with E-state index >= 15 is 0 Å². The second-order valence-electron chi connectivity index (χ2n) is 4.96. The molecule has 1 heterocycles. The standard InChI is InChI=1S/C15H19N3O3/c1-10(2)18-9-16-7-12(18)8-17-13-6-11(15(19)20)4-5-14(13)21-3/h4-7,9-10,17H,8H2,1-3H3,(H,19,20). The van der Waals surface area contributed by atoms with E-state index in [2.05, 4.69) is 28.7 Å². The fourth-order valence-corrected chi connectivity index (χ4v) is 2.10. The number of benzene rings is 1. The van der Waals surface area contributed by atoms with Crippen LogP contribution in [-0.4, -0.2) is 27.7 Å². The molecular weight excluding hydrogens is 270 g/mol. The van der Waals surface area contributed by atoms with E-state index in [1.54, 1.807) is 31.8 Å². The lowest BCUT2D eigenvalue weighted by atomic mass is 10.2. The Bertz CT molecular complexity index is 635. The van der Waals surface area contributed by atoms with Crippen molar-refractivity contribution in [1.82, 2.24) is 9.55 Å². The molecule has 0 aliphatic carbocycles. The maximum Gasteiger partial charge on any atom is 0.335 e. The third kappa shape index (κ3) is 3.34. The fraction of sp³-hybridized carbons (Fsp3) is 0.333. The minimum absolute atomic E-state index is 0.218. The fourth-order valence-electron chi connectivity index (χ4n) is 2.10. The zero-order chi connectivity index (χ0) is 15.4. The van der Waals surface area contributed by atoms with Crippen molar-refractivity contribution in [2.75, 3.05) is 12.4 Å². The van der Waals surface area contributed by atoms with Gasteiger partial charge in [-0.1, -0.05) is 0 Å². The summed E-state index contributed by atoms with van der Waals surface area (Å²) >= 11 is 0. The number of imidazole rings is 1. The van der Waals surface area contributed by atoms with Crippen LogP contribution in [0.1, 0.15) is 35.9 Å². The van der Waals surface area contributed by atoms with Crippen molar-refractivity contribution in [3.63, 3.8) is 0 Å². The van der Waals surface area contributed by atoms with Crippen molar-refractivity contribution in [2.24, 2.45) is 0 Å². The Morgan fingerprint density at radius 1 is 1.48 bits per heavy atom. The molecule has 0 radical (unpaired) electrons. The van der Waals surface area contributed by atoms with Crippen LogP contribution in [0.5, 0.6) is 5.75 Å². The predicted molar refractivity (Wildman–Crippen MR) is 79.9 cm³/mol. The molecule has 6 nitrogen and oxygen atoms in total. The van der Waals surface area contributed by atoms with Gasteiger partial charge in [-0.05, 0) is 32.0 Å². The maximum atomic E-state index is 11.0. The van der Waals surface area contributed by atoms with Crippen LogP contribution < -0.4 is 10.1 Å². The Hall–Kier alpha value is -2.50. The van der Waals surface area contributed by atoms with E-state index < -0.39 is 5.97 Å². The van der Waals surface area contributed by atoms with Gasteiger partial charge in [-0.25, -0.2) is 9.78 Å². The second kappa shape index (κ2) is 6.30. The van der Waals surface area contributed by atoms with Crippen molar-refractivity contribution in [2.45, 2.75) is 26.4 Å². The molecular formula is C15H19N3O3. The number of hydrogen-bond donors (Lipinski definition) is 2. The summed E-state index contributed by atoms with van der Waals surface area (Å²) in [5.74, 6) is -0.358. The highest BCUT2D eigenvalue weighted by Crippen LogP contribution is 2.26. The molecule has 0 bridgehead atoms. The molecule has 6 heteroatoms. The molecule has 112 valence electrons. The van der Waals surface area contributed by atoms with E-state index in [9.17, 15) is 4.79 Å². The summed E-state index contributed by atoms with van der Waals surface area (Å²) in [4.78, 5) is 15.2. The lowest BCUT2D eigenvalue weighted by molar-refractivity contribution is 0.0697. The van der Waals surface area contributed by atoms with Gasteiger partial charge in [0.25, 0.3) is 0 Å². The van der Waals surface area contributed by atoms with Gasteiger partial charge in [-0.3, -0.25) is 0 Å². The van der Waals surface area contributed by atoms with E-state index in [0.29, 0.717) is 24.0 Å². The highest BCUT2D eigenvalue weighted by molar-refractivity contribution is 5.89. The van der Waals surface area contributed by atoms with Crippen molar-refractivity contribution >= 4 is 11.7 Å². The maximum absolute atomic E-state index is 11.0. The third-order valence-corrected chi connectivity index (χ3v) is 3.21. The van der Waals surface area contributed by atoms with Gasteiger partial charge < -0.3 is 19.7 Å². The zero-order valence-corrected chi connectivity index (χ0v) is 12.3. The number of aromatic carboxylic acids is 1. The summed E-state index contributed by atoms with van der Waals surface area (Å²) in [7, 11) is 1.55. The zero-order valence-electron chi connectivity index (χ0n) is 12.3. The number of aromatic nitrogens is 2. The molecule has 0 spiro atoms. The Balaban J connectivity index is 2.20. The molecule has 1 aromatic heterocycles. The molecule has 21 heavy (non-hydrogen) atoms. The lowest BCUT2D eigenvalue weighted by Gasteiger charge is -2.15. The van der Waals surface area contributed by atoms with Gasteiger partial charge in [0.05, 0.1) is 36.9 Å². The first-order valence-corrected chi connectivity index (χ1v) is 6.69. The minimum atomic E-state index is -0.965. The van der Waals surface area contributed by atoms with Gasteiger partial charge in [0.1, 0.15) is 5.75 Å². The van der Waals surface area contributed by atoms with Crippen LogP contribution in [0.3, 0.4) is 0 Å². The van der Waals surface area contributed by atoms with Crippen LogP contribution in [0.15, 0.2) is 30.7 Å². The number of carboxylic acids is 1. The van der Waals surface area contributed by atoms with Gasteiger partial charge >= 0.3 is 5.97 Å². The summed E-state index contributed by atoms with van der Waals surface area (Å²) in [6.45, 7) is 4.70. The molecule has 2 N–H and O–H groups in total. The summed E-state index contributed by atoms with van der Waals surface area (Å²) in [6.07, 6.45) is 3.58. The molecule has 2 rings (SSSR count). The smallest absolute Gasteiger partial charge is 0.335 e. The first-order valence-electron chi connectivity index (χ1n) is 6.69. The van der Waals surface area contributed by atoms with E-state index in [0.717, 1.165) is 5.69 Å². The average Bonchev–Trinajstić information content (AvgIpc) is 2.93. The molecule has 1 aromatic carbocycles. The Kier molecular flexibility index (Phi) is 4.47. The van der Waals surface area contributed by atoms with Gasteiger partial charge in [-0.2, -0.15) is 0 Å². The van der Waals surface area contributed by atoms with Crippen LogP contribution >= 0.6 is 0 Å². The normalized spacial score (nSPS) is 10.7. The Morgan fingerprint density at radius 3 is 2.86 bits per heavy atom. The topological polar surface area (TPSA) is 76.4 Å². The first-order chi connectivity index (χ1) is 10.0. The number of ether oxygens (including phenoxy) is 1. The number of methoxy groups -OCH3 is 1. The van der Waals surface area contributed by atoms with Gasteiger partial charge in [0.15, 0.2) is 0 Å². The minimum Gasteiger partial charge on any atom is -0.495 e. The van der Waals surface area contributed by atoms with E-state index in [4.69, 9.17) is 9.84 Å². The van der Waals surface area contributed by atoms with Crippen molar-refractivity contribution in [3.8, 4) is 5.75 Å². The SMILES string of the molecule is COc1ccc(C(=O)O)cc1NCc1cncn1C(C)C. The van der Waals surface area contributed by atoms with Crippen LogP contribution in [0, 0.1) is 0 Å². The molecule has 2 aromatic rings. The van der Waals surface area contributed by atoms with Gasteiger partial charge in [-0.15, -0.1) is 0 Å². The summed E-state index contributed by atoms with van der Waals surface area (Å²) in [6, 6.07) is 5.05. The first kappa shape index (κ1) is 14.9. The molecule has 0 aliphatic rings. The number of rotatable bonds is 6. The van der Waals surface area contributed by atoms with E-state index in [1.807, 2.05) is 0 Å². The Labute approximate surface area is 123 Å². The third-order valence-electron chi connectivity index (χ3n) is 3.21. The largest absolute Gasteiger partial charge is 0.495 e. The molecule has 0 aliphatic heterocycles. The Morgan fingerprint density at radius 2 is 2.24 bits per heavy atom. The number of carbonyl (C=O) groups is 1. The van der Waals surface area contributed by atoms with Crippen molar-refractivity contribution in [3.05, 3.63) is 42.0 Å². The van der Waals surface area contributed by atoms with Crippen molar-refractivity contribution < 1.29 is 14.6 Å². The molecule has 0 atom stereocenters. The van der Waals surface area contributed by atoms with Crippen molar-refractivity contribution in [1.29, 1.82) is 0 Å². The van der Waals surface area contributed by atoms with Crippen LogP contribution in [0.25, 0.3) is 0 Å². The monoisotopic (exact) mass is 289 g/mol. The number of anilines is 1. The van der Waals surface area contributed by atoms with Crippen LogP contribution in [-0.2, 0) is 6.54 Å². The van der Waals surface area contributed by atoms with Gasteiger partial charge in [0.2, 0.25) is 0 Å². The molecule has 0 fully saturated rings. The summed E-state index contributed by atoms with van der Waals surface area (Å²) in [5.41, 5.74) is 1.89. The predicted octanol–water partition coefficient (Wildman–Crippen LogP) is 2.78. The van der Waals surface area contributed by atoms with Crippen LogP contribution in [0.2, 0.25) is 0 Å². The summed E-state index contributed by atoms with van der Waals surface area (Å²) in [5, 5.41) is 12.3. The number of nitrogens with one attached hydrogen (secondary N) is 1. The van der Waals surface area contributed by atoms with Gasteiger partial charge in [0, 0.05) is 12.2 Å². The summed E-state index contributed by atoms with van der Waals surface area (Å²) < 4.78 is 7.31. The lowest BCUT2D eigenvalue weighted by Crippen LogP contribution is -2.10. The quantitative estimate of drug-likeness (QED) is 0.855. The average molecular weight is 289 g/mol. The number of hydrogen-bond acceptors (Lipinski definition) is 4. The second-order valence-corrected chi connectivity index (χ2v) is 4.96. The number of carboxylic acid groups (broad SMARTS) is 1. The highest BCUT2D eigenvalue weighted by Gasteiger charge is 2.10. The molecule has 0 saturated carbocycles. The van der Waals surface area contributed by atoms with Crippen LogP contribution in [0.4, 0.5) is 5.69 Å².